The minimum Gasteiger partial charge on any atom is -0.271 e. The summed E-state index contributed by atoms with van der Waals surface area (Å²) in [6, 6.07) is 0.476. The lowest BCUT2D eigenvalue weighted by Crippen LogP contribution is -2.36. The van der Waals surface area contributed by atoms with E-state index in [1.165, 1.54) is 38.5 Å². The highest BCUT2D eigenvalue weighted by Crippen LogP contribution is 2.23. The van der Waals surface area contributed by atoms with Crippen LogP contribution < -0.4 is 11.3 Å². The van der Waals surface area contributed by atoms with E-state index in [1.54, 1.807) is 5.57 Å². The highest BCUT2D eigenvalue weighted by atomic mass is 15.2. The number of hydrogen-bond donors (Lipinski definition) is 2. The molecule has 2 nitrogen and oxygen atoms in total. The Hall–Kier alpha value is -0.340. The number of allylic oxidation sites excluding steroid dienone is 1. The molecular formula is C13H26N2. The van der Waals surface area contributed by atoms with E-state index in [9.17, 15) is 0 Å². The maximum Gasteiger partial charge on any atom is 0.0250 e. The summed E-state index contributed by atoms with van der Waals surface area (Å²) in [5.41, 5.74) is 4.59. The molecule has 0 radical (unpaired) electrons. The molecule has 1 aliphatic rings. The van der Waals surface area contributed by atoms with Gasteiger partial charge in [-0.15, -0.1) is 0 Å². The largest absolute Gasteiger partial charge is 0.271 e. The molecule has 3 N–H and O–H groups in total. The molecule has 0 heterocycles. The molecule has 15 heavy (non-hydrogen) atoms. The van der Waals surface area contributed by atoms with Gasteiger partial charge >= 0.3 is 0 Å². The van der Waals surface area contributed by atoms with Crippen molar-refractivity contribution in [2.45, 2.75) is 64.8 Å². The van der Waals surface area contributed by atoms with Crippen molar-refractivity contribution in [3.63, 3.8) is 0 Å². The fraction of sp³-hybridized carbons (Fsp3) is 0.846. The van der Waals surface area contributed by atoms with Crippen LogP contribution in [0, 0.1) is 5.92 Å². The minimum atomic E-state index is 0.476. The van der Waals surface area contributed by atoms with Crippen molar-refractivity contribution >= 4 is 0 Å². The third kappa shape index (κ3) is 4.80. The van der Waals surface area contributed by atoms with Gasteiger partial charge in [0.05, 0.1) is 0 Å². The highest BCUT2D eigenvalue weighted by Gasteiger charge is 2.13. The molecule has 88 valence electrons. The Balaban J connectivity index is 2.35. The molecule has 0 aromatic rings. The van der Waals surface area contributed by atoms with Crippen LogP contribution in [0.5, 0.6) is 0 Å². The van der Waals surface area contributed by atoms with Gasteiger partial charge in [-0.1, -0.05) is 31.9 Å². The molecule has 0 aromatic heterocycles. The number of hydrazine groups is 1. The molecule has 2 atom stereocenters. The fourth-order valence-corrected chi connectivity index (χ4v) is 2.27. The standard InChI is InChI=1S/C13H26N2/c1-3-11(2)9-13(15-14)10-12-7-5-4-6-8-12/h7,11,13,15H,3-6,8-10,14H2,1-2H3. The van der Waals surface area contributed by atoms with E-state index in [4.69, 9.17) is 5.84 Å². The van der Waals surface area contributed by atoms with E-state index in [-0.39, 0.29) is 0 Å². The monoisotopic (exact) mass is 210 g/mol. The number of nitrogens with one attached hydrogen (secondary N) is 1. The van der Waals surface area contributed by atoms with Crippen molar-refractivity contribution < 1.29 is 0 Å². The second kappa shape index (κ2) is 7.02. The summed E-state index contributed by atoms with van der Waals surface area (Å²) in [5, 5.41) is 0. The third-order valence-corrected chi connectivity index (χ3v) is 3.51. The van der Waals surface area contributed by atoms with E-state index >= 15 is 0 Å². The summed E-state index contributed by atoms with van der Waals surface area (Å²) < 4.78 is 0. The highest BCUT2D eigenvalue weighted by molar-refractivity contribution is 5.06. The van der Waals surface area contributed by atoms with E-state index in [0.29, 0.717) is 6.04 Å². The summed E-state index contributed by atoms with van der Waals surface area (Å²) in [7, 11) is 0. The molecule has 0 saturated carbocycles. The second-order valence-electron chi connectivity index (χ2n) is 4.92. The fourth-order valence-electron chi connectivity index (χ4n) is 2.27. The first kappa shape index (κ1) is 12.7. The van der Waals surface area contributed by atoms with Crippen LogP contribution in [-0.2, 0) is 0 Å². The van der Waals surface area contributed by atoms with Gasteiger partial charge in [0.1, 0.15) is 0 Å². The maximum absolute atomic E-state index is 5.62. The molecule has 0 bridgehead atoms. The van der Waals surface area contributed by atoms with Crippen LogP contribution in [0.1, 0.15) is 58.8 Å². The van der Waals surface area contributed by atoms with Crippen LogP contribution in [0.4, 0.5) is 0 Å². The molecule has 2 heteroatoms. The van der Waals surface area contributed by atoms with Crippen LogP contribution in [0.15, 0.2) is 11.6 Å². The SMILES string of the molecule is CCC(C)CC(CC1=CCCCC1)NN. The van der Waals surface area contributed by atoms with Crippen molar-refractivity contribution in [2.24, 2.45) is 11.8 Å². The molecule has 0 saturated heterocycles. The number of rotatable bonds is 6. The summed E-state index contributed by atoms with van der Waals surface area (Å²) in [5.74, 6) is 6.39. The average Bonchev–Trinajstić information content (AvgIpc) is 2.29. The Morgan fingerprint density at radius 1 is 1.47 bits per heavy atom. The third-order valence-electron chi connectivity index (χ3n) is 3.51. The van der Waals surface area contributed by atoms with Crippen LogP contribution in [0.2, 0.25) is 0 Å². The number of nitrogens with two attached hydrogens (primary N) is 1. The molecule has 0 spiro atoms. The van der Waals surface area contributed by atoms with Gasteiger partial charge in [0, 0.05) is 6.04 Å². The molecule has 0 aliphatic heterocycles. The molecular weight excluding hydrogens is 184 g/mol. The Labute approximate surface area is 94.3 Å². The number of hydrogen-bond acceptors (Lipinski definition) is 2. The van der Waals surface area contributed by atoms with Crippen molar-refractivity contribution in [2.75, 3.05) is 0 Å². The van der Waals surface area contributed by atoms with E-state index in [0.717, 1.165) is 12.3 Å². The summed E-state index contributed by atoms with van der Waals surface area (Å²) in [4.78, 5) is 0. The van der Waals surface area contributed by atoms with Crippen molar-refractivity contribution in [3.05, 3.63) is 11.6 Å². The Kier molecular flexibility index (Phi) is 5.96. The van der Waals surface area contributed by atoms with E-state index in [1.807, 2.05) is 0 Å². The van der Waals surface area contributed by atoms with Gasteiger partial charge in [-0.3, -0.25) is 11.3 Å². The van der Waals surface area contributed by atoms with Crippen LogP contribution in [-0.4, -0.2) is 6.04 Å². The summed E-state index contributed by atoms with van der Waals surface area (Å²) in [6.07, 6.45) is 11.3. The predicted octanol–water partition coefficient (Wildman–Crippen LogP) is 3.15. The van der Waals surface area contributed by atoms with Crippen LogP contribution >= 0.6 is 0 Å². The van der Waals surface area contributed by atoms with Crippen molar-refractivity contribution in [1.82, 2.24) is 5.43 Å². The normalized spacial score (nSPS) is 20.9. The average molecular weight is 210 g/mol. The lowest BCUT2D eigenvalue weighted by Gasteiger charge is -2.22. The zero-order chi connectivity index (χ0) is 11.1. The van der Waals surface area contributed by atoms with Gasteiger partial charge in [-0.05, 0) is 44.4 Å². The molecule has 0 fully saturated rings. The maximum atomic E-state index is 5.62. The topological polar surface area (TPSA) is 38.0 Å². The summed E-state index contributed by atoms with van der Waals surface area (Å²) >= 11 is 0. The smallest absolute Gasteiger partial charge is 0.0250 e. The van der Waals surface area contributed by atoms with E-state index in [2.05, 4.69) is 25.3 Å². The van der Waals surface area contributed by atoms with Crippen LogP contribution in [0.25, 0.3) is 0 Å². The van der Waals surface area contributed by atoms with Gasteiger partial charge in [-0.25, -0.2) is 0 Å². The minimum absolute atomic E-state index is 0.476. The van der Waals surface area contributed by atoms with Gasteiger partial charge < -0.3 is 0 Å². The van der Waals surface area contributed by atoms with Crippen molar-refractivity contribution in [3.8, 4) is 0 Å². The predicted molar refractivity (Wildman–Crippen MR) is 66.4 cm³/mol. The lowest BCUT2D eigenvalue weighted by molar-refractivity contribution is 0.391. The molecule has 0 amide bonds. The van der Waals surface area contributed by atoms with Gasteiger partial charge in [0.2, 0.25) is 0 Å². The lowest BCUT2D eigenvalue weighted by atomic mass is 9.90. The Morgan fingerprint density at radius 3 is 2.80 bits per heavy atom. The first-order chi connectivity index (χ1) is 7.26. The quantitative estimate of drug-likeness (QED) is 0.401. The zero-order valence-electron chi connectivity index (χ0n) is 10.3. The second-order valence-corrected chi connectivity index (χ2v) is 4.92. The van der Waals surface area contributed by atoms with Crippen LogP contribution in [0.3, 0.4) is 0 Å². The molecule has 1 aliphatic carbocycles. The Bertz CT molecular complexity index is 199. The van der Waals surface area contributed by atoms with Gasteiger partial charge in [-0.2, -0.15) is 0 Å². The van der Waals surface area contributed by atoms with Gasteiger partial charge in [0.15, 0.2) is 0 Å². The van der Waals surface area contributed by atoms with Crippen molar-refractivity contribution in [1.29, 1.82) is 0 Å². The summed E-state index contributed by atoms with van der Waals surface area (Å²) in [6.45, 7) is 4.55. The molecule has 1 rings (SSSR count). The van der Waals surface area contributed by atoms with Gasteiger partial charge in [0.25, 0.3) is 0 Å². The molecule has 0 aromatic carbocycles. The zero-order valence-corrected chi connectivity index (χ0v) is 10.3. The molecule has 2 unspecified atom stereocenters. The Morgan fingerprint density at radius 2 is 2.27 bits per heavy atom. The first-order valence-corrected chi connectivity index (χ1v) is 6.40. The first-order valence-electron chi connectivity index (χ1n) is 6.40. The van der Waals surface area contributed by atoms with E-state index < -0.39 is 0 Å².